The molecule has 0 aromatic carbocycles. The van der Waals surface area contributed by atoms with Gasteiger partial charge in [0.15, 0.2) is 0 Å². The van der Waals surface area contributed by atoms with Crippen molar-refractivity contribution in [2.24, 2.45) is 11.8 Å². The van der Waals surface area contributed by atoms with Crippen LogP contribution >= 0.6 is 11.3 Å². The van der Waals surface area contributed by atoms with Crippen molar-refractivity contribution in [1.29, 1.82) is 0 Å². The maximum atomic E-state index is 12.9. The number of morpholine rings is 1. The molecule has 5 nitrogen and oxygen atoms in total. The highest BCUT2D eigenvalue weighted by atomic mass is 32.1. The van der Waals surface area contributed by atoms with Crippen LogP contribution in [-0.4, -0.2) is 61.0 Å². The maximum Gasteiger partial charge on any atom is 0.264 e. The minimum absolute atomic E-state index is 0.0813. The van der Waals surface area contributed by atoms with Crippen molar-refractivity contribution >= 4 is 23.2 Å². The normalized spacial score (nSPS) is 24.7. The van der Waals surface area contributed by atoms with Crippen molar-refractivity contribution < 1.29 is 14.3 Å². The summed E-state index contributed by atoms with van der Waals surface area (Å²) >= 11 is 1.51. The molecule has 2 atom stereocenters. The Morgan fingerprint density at radius 3 is 2.58 bits per heavy atom. The highest BCUT2D eigenvalue weighted by Gasteiger charge is 2.40. The van der Waals surface area contributed by atoms with Gasteiger partial charge in [0.05, 0.1) is 24.0 Å². The van der Waals surface area contributed by atoms with Crippen LogP contribution in [0.2, 0.25) is 0 Å². The summed E-state index contributed by atoms with van der Waals surface area (Å²) in [5.41, 5.74) is 1.11. The number of hydrogen-bond donors (Lipinski definition) is 0. The van der Waals surface area contributed by atoms with E-state index in [1.54, 1.807) is 0 Å². The largest absolute Gasteiger partial charge is 0.378 e. The first kappa shape index (κ1) is 17.4. The fourth-order valence-electron chi connectivity index (χ4n) is 3.56. The molecule has 0 aliphatic carbocycles. The van der Waals surface area contributed by atoms with Crippen LogP contribution in [0.15, 0.2) is 11.4 Å². The average Bonchev–Trinajstić information content (AvgIpc) is 3.21. The van der Waals surface area contributed by atoms with E-state index in [2.05, 4.69) is 20.8 Å². The predicted octanol–water partition coefficient (Wildman–Crippen LogP) is 2.44. The molecule has 6 heteroatoms. The van der Waals surface area contributed by atoms with E-state index in [4.69, 9.17) is 4.74 Å². The fourth-order valence-corrected chi connectivity index (χ4v) is 4.58. The highest BCUT2D eigenvalue weighted by Crippen LogP contribution is 2.31. The van der Waals surface area contributed by atoms with Crippen LogP contribution in [0.4, 0.5) is 0 Å². The SMILES string of the molecule is CC(C)c1ccsc1C(=O)N1C[C@@H](C)[C@H](C(=O)N2CCOCC2)C1. The number of carbonyl (C=O) groups is 2. The van der Waals surface area contributed by atoms with E-state index in [0.717, 1.165) is 10.4 Å². The summed E-state index contributed by atoms with van der Waals surface area (Å²) in [6.45, 7) is 10.0. The summed E-state index contributed by atoms with van der Waals surface area (Å²) in [4.78, 5) is 30.3. The van der Waals surface area contributed by atoms with Crippen molar-refractivity contribution in [3.05, 3.63) is 21.9 Å². The van der Waals surface area contributed by atoms with Gasteiger partial charge in [0.2, 0.25) is 5.91 Å². The molecule has 2 aliphatic rings. The number of ether oxygens (including phenoxy) is 1. The molecule has 0 spiro atoms. The van der Waals surface area contributed by atoms with Crippen molar-refractivity contribution in [3.63, 3.8) is 0 Å². The smallest absolute Gasteiger partial charge is 0.264 e. The third-order valence-electron chi connectivity index (χ3n) is 5.05. The third kappa shape index (κ3) is 3.35. The van der Waals surface area contributed by atoms with Gasteiger partial charge in [-0.1, -0.05) is 20.8 Å². The van der Waals surface area contributed by atoms with Crippen LogP contribution in [0.1, 0.15) is 41.9 Å². The van der Waals surface area contributed by atoms with E-state index in [1.807, 2.05) is 21.2 Å². The zero-order chi connectivity index (χ0) is 17.3. The Bertz CT molecular complexity index is 607. The Kier molecular flexibility index (Phi) is 5.25. The van der Waals surface area contributed by atoms with E-state index >= 15 is 0 Å². The van der Waals surface area contributed by atoms with Crippen LogP contribution < -0.4 is 0 Å². The minimum atomic E-state index is -0.0884. The second kappa shape index (κ2) is 7.23. The van der Waals surface area contributed by atoms with E-state index in [1.165, 1.54) is 11.3 Å². The number of amides is 2. The van der Waals surface area contributed by atoms with Gasteiger partial charge < -0.3 is 14.5 Å². The second-order valence-corrected chi connectivity index (χ2v) is 8.01. The molecule has 3 heterocycles. The molecule has 0 bridgehead atoms. The number of thiophene rings is 1. The van der Waals surface area contributed by atoms with Crippen molar-refractivity contribution in [3.8, 4) is 0 Å². The van der Waals surface area contributed by atoms with Crippen LogP contribution in [0.5, 0.6) is 0 Å². The minimum Gasteiger partial charge on any atom is -0.378 e. The lowest BCUT2D eigenvalue weighted by atomic mass is 9.96. The lowest BCUT2D eigenvalue weighted by Crippen LogP contribution is -2.45. The van der Waals surface area contributed by atoms with Crippen LogP contribution in [0, 0.1) is 11.8 Å². The molecule has 0 unspecified atom stereocenters. The first-order valence-electron chi connectivity index (χ1n) is 8.72. The summed E-state index contributed by atoms with van der Waals surface area (Å²) in [5, 5.41) is 1.98. The number of rotatable bonds is 3. The van der Waals surface area contributed by atoms with Gasteiger partial charge in [-0.25, -0.2) is 0 Å². The molecule has 3 rings (SSSR count). The van der Waals surface area contributed by atoms with E-state index in [0.29, 0.717) is 45.3 Å². The zero-order valence-electron chi connectivity index (χ0n) is 14.7. The van der Waals surface area contributed by atoms with Gasteiger partial charge in [-0.05, 0) is 28.8 Å². The Hall–Kier alpha value is -1.40. The van der Waals surface area contributed by atoms with Crippen LogP contribution in [-0.2, 0) is 9.53 Å². The summed E-state index contributed by atoms with van der Waals surface area (Å²) in [6.07, 6.45) is 0. The van der Waals surface area contributed by atoms with Gasteiger partial charge in [0, 0.05) is 26.2 Å². The second-order valence-electron chi connectivity index (χ2n) is 7.09. The van der Waals surface area contributed by atoms with Crippen molar-refractivity contribution in [2.75, 3.05) is 39.4 Å². The molecule has 24 heavy (non-hydrogen) atoms. The van der Waals surface area contributed by atoms with Gasteiger partial charge in [-0.15, -0.1) is 11.3 Å². The van der Waals surface area contributed by atoms with E-state index < -0.39 is 0 Å². The van der Waals surface area contributed by atoms with Gasteiger partial charge in [0.1, 0.15) is 0 Å². The van der Waals surface area contributed by atoms with Crippen LogP contribution in [0.3, 0.4) is 0 Å². The standard InChI is InChI=1S/C18H26N2O3S/c1-12(2)14-4-9-24-16(14)18(22)20-10-13(3)15(11-20)17(21)19-5-7-23-8-6-19/h4,9,12-13,15H,5-8,10-11H2,1-3H3/t13-,15-/m1/s1. The molecular weight excluding hydrogens is 324 g/mol. The van der Waals surface area contributed by atoms with Gasteiger partial charge in [-0.2, -0.15) is 0 Å². The van der Waals surface area contributed by atoms with Gasteiger partial charge >= 0.3 is 0 Å². The zero-order valence-corrected chi connectivity index (χ0v) is 15.5. The van der Waals surface area contributed by atoms with Gasteiger partial charge in [0.25, 0.3) is 5.91 Å². The molecule has 2 saturated heterocycles. The molecule has 1 aromatic heterocycles. The lowest BCUT2D eigenvalue weighted by Gasteiger charge is -2.30. The summed E-state index contributed by atoms with van der Waals surface area (Å²) in [6, 6.07) is 2.04. The topological polar surface area (TPSA) is 49.9 Å². The predicted molar refractivity (Wildman–Crippen MR) is 94.4 cm³/mol. The molecule has 132 valence electrons. The summed E-state index contributed by atoms with van der Waals surface area (Å²) in [5.74, 6) is 0.705. The Morgan fingerprint density at radius 1 is 1.21 bits per heavy atom. The van der Waals surface area contributed by atoms with Crippen molar-refractivity contribution in [1.82, 2.24) is 9.80 Å². The molecular formula is C18H26N2O3S. The number of nitrogens with zero attached hydrogens (tertiary/aromatic N) is 2. The lowest BCUT2D eigenvalue weighted by molar-refractivity contribution is -0.140. The Morgan fingerprint density at radius 2 is 1.92 bits per heavy atom. The average molecular weight is 350 g/mol. The molecule has 2 aliphatic heterocycles. The maximum absolute atomic E-state index is 12.9. The molecule has 2 amide bonds. The van der Waals surface area contributed by atoms with Crippen LogP contribution in [0.25, 0.3) is 0 Å². The first-order chi connectivity index (χ1) is 11.5. The molecule has 0 N–H and O–H groups in total. The highest BCUT2D eigenvalue weighted by molar-refractivity contribution is 7.12. The monoisotopic (exact) mass is 350 g/mol. The number of hydrogen-bond acceptors (Lipinski definition) is 4. The quantitative estimate of drug-likeness (QED) is 0.841. The van der Waals surface area contributed by atoms with Crippen molar-refractivity contribution in [2.45, 2.75) is 26.7 Å². The number of likely N-dealkylation sites (tertiary alicyclic amines) is 1. The van der Waals surface area contributed by atoms with Gasteiger partial charge in [-0.3, -0.25) is 9.59 Å². The number of carbonyl (C=O) groups excluding carboxylic acids is 2. The van der Waals surface area contributed by atoms with E-state index in [9.17, 15) is 9.59 Å². The summed E-state index contributed by atoms with van der Waals surface area (Å²) in [7, 11) is 0. The molecule has 0 radical (unpaired) electrons. The fraction of sp³-hybridized carbons (Fsp3) is 0.667. The molecule has 2 fully saturated rings. The first-order valence-corrected chi connectivity index (χ1v) is 9.60. The Labute approximate surface area is 147 Å². The molecule has 0 saturated carbocycles. The van der Waals surface area contributed by atoms with E-state index in [-0.39, 0.29) is 23.7 Å². The summed E-state index contributed by atoms with van der Waals surface area (Å²) < 4.78 is 5.33. The third-order valence-corrected chi connectivity index (χ3v) is 5.97. The Balaban J connectivity index is 1.69. The molecule has 1 aromatic rings.